The number of pyridine rings is 1. The highest BCUT2D eigenvalue weighted by atomic mass is 16.5. The van der Waals surface area contributed by atoms with Crippen molar-refractivity contribution < 1.29 is 9.53 Å². The molecule has 0 saturated carbocycles. The van der Waals surface area contributed by atoms with Crippen molar-refractivity contribution in [1.29, 1.82) is 0 Å². The van der Waals surface area contributed by atoms with Crippen LogP contribution in [0.15, 0.2) is 18.3 Å². The number of morpholine rings is 1. The summed E-state index contributed by atoms with van der Waals surface area (Å²) in [5.74, 6) is 0.816. The first-order chi connectivity index (χ1) is 9.45. The third-order valence-corrected chi connectivity index (χ3v) is 3.17. The molecule has 0 bridgehead atoms. The summed E-state index contributed by atoms with van der Waals surface area (Å²) >= 11 is 0. The van der Waals surface area contributed by atoms with E-state index in [1.165, 1.54) is 0 Å². The molecule has 0 aliphatic carbocycles. The second-order valence-corrected chi connectivity index (χ2v) is 5.70. The molecule has 2 unspecified atom stereocenters. The van der Waals surface area contributed by atoms with Crippen LogP contribution < -0.4 is 10.2 Å². The third-order valence-electron chi connectivity index (χ3n) is 3.17. The smallest absolute Gasteiger partial charge is 0.253 e. The van der Waals surface area contributed by atoms with Crippen LogP contribution in [0, 0.1) is 0 Å². The minimum absolute atomic E-state index is 0.0808. The molecule has 5 nitrogen and oxygen atoms in total. The Morgan fingerprint density at radius 3 is 2.50 bits per heavy atom. The molecule has 1 aromatic heterocycles. The van der Waals surface area contributed by atoms with Crippen molar-refractivity contribution in [2.45, 2.75) is 45.9 Å². The van der Waals surface area contributed by atoms with Crippen LogP contribution in [0.25, 0.3) is 0 Å². The summed E-state index contributed by atoms with van der Waals surface area (Å²) < 4.78 is 5.71. The first kappa shape index (κ1) is 14.8. The first-order valence-electron chi connectivity index (χ1n) is 7.13. The highest BCUT2D eigenvalue weighted by Crippen LogP contribution is 2.18. The van der Waals surface area contributed by atoms with Gasteiger partial charge in [-0.15, -0.1) is 0 Å². The van der Waals surface area contributed by atoms with E-state index in [1.807, 2.05) is 26.0 Å². The lowest BCUT2D eigenvalue weighted by Crippen LogP contribution is -2.45. The lowest BCUT2D eigenvalue weighted by molar-refractivity contribution is -0.00546. The molecule has 0 spiro atoms. The van der Waals surface area contributed by atoms with Crippen LogP contribution in [0.4, 0.5) is 5.82 Å². The predicted molar refractivity (Wildman–Crippen MR) is 79.1 cm³/mol. The molecule has 1 aromatic rings. The number of aromatic nitrogens is 1. The average Bonchev–Trinajstić information content (AvgIpc) is 2.37. The molecule has 0 radical (unpaired) electrons. The normalized spacial score (nSPS) is 22.9. The fourth-order valence-corrected chi connectivity index (χ4v) is 2.42. The zero-order valence-electron chi connectivity index (χ0n) is 12.6. The first-order valence-corrected chi connectivity index (χ1v) is 7.13. The molecule has 5 heteroatoms. The van der Waals surface area contributed by atoms with E-state index < -0.39 is 0 Å². The Kier molecular flexibility index (Phi) is 4.60. The van der Waals surface area contributed by atoms with Gasteiger partial charge in [0.1, 0.15) is 5.82 Å². The molecule has 1 fully saturated rings. The Morgan fingerprint density at radius 1 is 1.35 bits per heavy atom. The molecule has 1 saturated heterocycles. The van der Waals surface area contributed by atoms with Gasteiger partial charge in [0, 0.05) is 25.3 Å². The second-order valence-electron chi connectivity index (χ2n) is 5.70. The summed E-state index contributed by atoms with van der Waals surface area (Å²) in [5, 5.41) is 2.86. The standard InChI is InChI=1S/C15H23N3O2/c1-10(2)17-15(19)13-5-6-14(16-7-13)18-8-11(3)20-12(4)9-18/h5-7,10-12H,8-9H2,1-4H3,(H,17,19). The number of carbonyl (C=O) groups is 1. The number of hydrogen-bond donors (Lipinski definition) is 1. The molecular weight excluding hydrogens is 254 g/mol. The van der Waals surface area contributed by atoms with Gasteiger partial charge >= 0.3 is 0 Å². The van der Waals surface area contributed by atoms with Crippen LogP contribution in [0.3, 0.4) is 0 Å². The van der Waals surface area contributed by atoms with Crippen LogP contribution in [-0.4, -0.2) is 42.2 Å². The van der Waals surface area contributed by atoms with Crippen molar-refractivity contribution in [3.63, 3.8) is 0 Å². The lowest BCUT2D eigenvalue weighted by Gasteiger charge is -2.36. The molecule has 1 aliphatic heterocycles. The van der Waals surface area contributed by atoms with Crippen molar-refractivity contribution in [3.05, 3.63) is 23.9 Å². The van der Waals surface area contributed by atoms with Crippen molar-refractivity contribution >= 4 is 11.7 Å². The summed E-state index contributed by atoms with van der Waals surface area (Å²) in [4.78, 5) is 18.5. The van der Waals surface area contributed by atoms with Gasteiger partial charge in [-0.05, 0) is 39.8 Å². The maximum atomic E-state index is 11.9. The van der Waals surface area contributed by atoms with E-state index >= 15 is 0 Å². The molecule has 2 rings (SSSR count). The average molecular weight is 277 g/mol. The van der Waals surface area contributed by atoms with E-state index in [0.717, 1.165) is 18.9 Å². The Hall–Kier alpha value is -1.62. The number of carbonyl (C=O) groups excluding carboxylic acids is 1. The van der Waals surface area contributed by atoms with Gasteiger partial charge in [-0.1, -0.05) is 0 Å². The number of anilines is 1. The second kappa shape index (κ2) is 6.22. The summed E-state index contributed by atoms with van der Waals surface area (Å²) in [6, 6.07) is 3.85. The summed E-state index contributed by atoms with van der Waals surface area (Å²) in [6.45, 7) is 9.66. The van der Waals surface area contributed by atoms with Crippen LogP contribution in [0.1, 0.15) is 38.1 Å². The summed E-state index contributed by atoms with van der Waals surface area (Å²) in [6.07, 6.45) is 2.03. The van der Waals surface area contributed by atoms with Crippen molar-refractivity contribution in [3.8, 4) is 0 Å². The Morgan fingerprint density at radius 2 is 2.00 bits per heavy atom. The summed E-state index contributed by atoms with van der Waals surface area (Å²) in [7, 11) is 0. The SMILES string of the molecule is CC(C)NC(=O)c1ccc(N2CC(C)OC(C)C2)nc1. The summed E-state index contributed by atoms with van der Waals surface area (Å²) in [5.41, 5.74) is 0.594. The largest absolute Gasteiger partial charge is 0.372 e. The molecule has 1 N–H and O–H groups in total. The molecule has 2 atom stereocenters. The van der Waals surface area contributed by atoms with Crippen molar-refractivity contribution in [2.24, 2.45) is 0 Å². The van der Waals surface area contributed by atoms with E-state index in [0.29, 0.717) is 5.56 Å². The molecule has 2 heterocycles. The number of amides is 1. The van der Waals surface area contributed by atoms with Crippen molar-refractivity contribution in [2.75, 3.05) is 18.0 Å². The van der Waals surface area contributed by atoms with Gasteiger partial charge in [0.2, 0.25) is 0 Å². The van der Waals surface area contributed by atoms with Gasteiger partial charge in [0.25, 0.3) is 5.91 Å². The van der Waals surface area contributed by atoms with Gasteiger partial charge < -0.3 is 15.0 Å². The van der Waals surface area contributed by atoms with Gasteiger partial charge in [-0.2, -0.15) is 0 Å². The molecule has 1 aliphatic rings. The maximum Gasteiger partial charge on any atom is 0.253 e. The van der Waals surface area contributed by atoms with E-state index in [-0.39, 0.29) is 24.2 Å². The monoisotopic (exact) mass is 277 g/mol. The lowest BCUT2D eigenvalue weighted by atomic mass is 10.2. The fraction of sp³-hybridized carbons (Fsp3) is 0.600. The van der Waals surface area contributed by atoms with Crippen LogP contribution in [-0.2, 0) is 4.74 Å². The van der Waals surface area contributed by atoms with Crippen molar-refractivity contribution in [1.82, 2.24) is 10.3 Å². The highest BCUT2D eigenvalue weighted by molar-refractivity contribution is 5.94. The number of ether oxygens (including phenoxy) is 1. The Labute approximate surface area is 120 Å². The van der Waals surface area contributed by atoms with Gasteiger partial charge in [0.05, 0.1) is 17.8 Å². The molecule has 0 aromatic carbocycles. The third kappa shape index (κ3) is 3.70. The maximum absolute atomic E-state index is 11.9. The number of hydrogen-bond acceptors (Lipinski definition) is 4. The van der Waals surface area contributed by atoms with E-state index in [1.54, 1.807) is 6.20 Å². The molecule has 1 amide bonds. The van der Waals surface area contributed by atoms with Gasteiger partial charge in [-0.25, -0.2) is 4.98 Å². The Bertz CT molecular complexity index is 449. The quantitative estimate of drug-likeness (QED) is 0.916. The topological polar surface area (TPSA) is 54.5 Å². The highest BCUT2D eigenvalue weighted by Gasteiger charge is 2.23. The zero-order chi connectivity index (χ0) is 14.7. The minimum Gasteiger partial charge on any atom is -0.372 e. The molecule has 20 heavy (non-hydrogen) atoms. The number of rotatable bonds is 3. The van der Waals surface area contributed by atoms with Gasteiger partial charge in [0.15, 0.2) is 0 Å². The molecular formula is C15H23N3O2. The Balaban J connectivity index is 2.06. The van der Waals surface area contributed by atoms with Gasteiger partial charge in [-0.3, -0.25) is 4.79 Å². The fourth-order valence-electron chi connectivity index (χ4n) is 2.42. The minimum atomic E-state index is -0.0808. The predicted octanol–water partition coefficient (Wildman–Crippen LogP) is 1.83. The number of nitrogens with zero attached hydrogens (tertiary/aromatic N) is 2. The van der Waals surface area contributed by atoms with Crippen LogP contribution in [0.5, 0.6) is 0 Å². The van der Waals surface area contributed by atoms with E-state index in [4.69, 9.17) is 4.74 Å². The van der Waals surface area contributed by atoms with Crippen LogP contribution in [0.2, 0.25) is 0 Å². The zero-order valence-corrected chi connectivity index (χ0v) is 12.6. The van der Waals surface area contributed by atoms with Crippen LogP contribution >= 0.6 is 0 Å². The van der Waals surface area contributed by atoms with E-state index in [2.05, 4.69) is 29.0 Å². The molecule has 110 valence electrons. The van der Waals surface area contributed by atoms with E-state index in [9.17, 15) is 4.79 Å². The number of nitrogens with one attached hydrogen (secondary N) is 1.